The first kappa shape index (κ1) is 7.79. The summed E-state index contributed by atoms with van der Waals surface area (Å²) in [6, 6.07) is 4.46. The first-order chi connectivity index (χ1) is 5.11. The molecule has 0 aliphatic rings. The molecule has 0 aliphatic carbocycles. The Labute approximate surface area is 65.3 Å². The molecule has 58 valence electrons. The molecule has 0 saturated carbocycles. The van der Waals surface area contributed by atoms with Gasteiger partial charge < -0.3 is 5.73 Å². The van der Waals surface area contributed by atoms with Crippen LogP contribution in [0.1, 0.15) is 12.5 Å². The number of nitrogens with two attached hydrogens (primary N) is 1. The zero-order chi connectivity index (χ0) is 8.43. The molecule has 0 unspecified atom stereocenters. The molecule has 1 rings (SSSR count). The summed E-state index contributed by atoms with van der Waals surface area (Å²) in [5.41, 5.74) is 7.20. The van der Waals surface area contributed by atoms with Crippen molar-refractivity contribution in [3.8, 4) is 0 Å². The SMILES string of the molecule is C=C(C)c1cc(N)ccc1F. The summed E-state index contributed by atoms with van der Waals surface area (Å²) in [6.45, 7) is 5.38. The van der Waals surface area contributed by atoms with Gasteiger partial charge in [0.2, 0.25) is 0 Å². The molecule has 0 aromatic heterocycles. The molecular weight excluding hydrogens is 141 g/mol. The summed E-state index contributed by atoms with van der Waals surface area (Å²) in [7, 11) is 0. The third-order valence-corrected chi connectivity index (χ3v) is 1.45. The van der Waals surface area contributed by atoms with Gasteiger partial charge in [-0.2, -0.15) is 0 Å². The van der Waals surface area contributed by atoms with Crippen LogP contribution in [0.15, 0.2) is 24.8 Å². The first-order valence-corrected chi connectivity index (χ1v) is 3.32. The minimum atomic E-state index is -0.272. The van der Waals surface area contributed by atoms with Crippen molar-refractivity contribution in [1.29, 1.82) is 0 Å². The van der Waals surface area contributed by atoms with Crippen LogP contribution in [0.5, 0.6) is 0 Å². The summed E-state index contributed by atoms with van der Waals surface area (Å²) in [4.78, 5) is 0. The number of halogens is 1. The average Bonchev–Trinajstić information content (AvgIpc) is 1.94. The molecule has 0 spiro atoms. The molecule has 2 heteroatoms. The average molecular weight is 151 g/mol. The van der Waals surface area contributed by atoms with Gasteiger partial charge in [-0.05, 0) is 30.7 Å². The van der Waals surface area contributed by atoms with Crippen LogP contribution in [-0.4, -0.2) is 0 Å². The Morgan fingerprint density at radius 1 is 1.55 bits per heavy atom. The van der Waals surface area contributed by atoms with Gasteiger partial charge in [-0.25, -0.2) is 4.39 Å². The quantitative estimate of drug-likeness (QED) is 0.613. The third-order valence-electron chi connectivity index (χ3n) is 1.45. The van der Waals surface area contributed by atoms with Crippen molar-refractivity contribution in [3.05, 3.63) is 36.2 Å². The molecule has 0 amide bonds. The first-order valence-electron chi connectivity index (χ1n) is 3.32. The van der Waals surface area contributed by atoms with Gasteiger partial charge >= 0.3 is 0 Å². The lowest BCUT2D eigenvalue weighted by Gasteiger charge is -2.01. The zero-order valence-corrected chi connectivity index (χ0v) is 6.39. The molecule has 2 N–H and O–H groups in total. The number of hydrogen-bond donors (Lipinski definition) is 1. The van der Waals surface area contributed by atoms with Crippen molar-refractivity contribution in [3.63, 3.8) is 0 Å². The van der Waals surface area contributed by atoms with Crippen LogP contribution < -0.4 is 5.73 Å². The van der Waals surface area contributed by atoms with Crippen LogP contribution >= 0.6 is 0 Å². The van der Waals surface area contributed by atoms with E-state index in [1.165, 1.54) is 12.1 Å². The van der Waals surface area contributed by atoms with E-state index < -0.39 is 0 Å². The van der Waals surface area contributed by atoms with Crippen molar-refractivity contribution in [2.45, 2.75) is 6.92 Å². The van der Waals surface area contributed by atoms with Crippen molar-refractivity contribution in [2.24, 2.45) is 0 Å². The van der Waals surface area contributed by atoms with E-state index in [4.69, 9.17) is 5.73 Å². The number of hydrogen-bond acceptors (Lipinski definition) is 1. The van der Waals surface area contributed by atoms with E-state index in [1.807, 2.05) is 0 Å². The number of nitrogen functional groups attached to an aromatic ring is 1. The van der Waals surface area contributed by atoms with E-state index in [1.54, 1.807) is 13.0 Å². The highest BCUT2D eigenvalue weighted by molar-refractivity contribution is 5.65. The van der Waals surface area contributed by atoms with Crippen molar-refractivity contribution in [1.82, 2.24) is 0 Å². The fourth-order valence-corrected chi connectivity index (χ4v) is 0.870. The van der Waals surface area contributed by atoms with E-state index in [0.29, 0.717) is 16.8 Å². The summed E-state index contributed by atoms with van der Waals surface area (Å²) < 4.78 is 12.9. The Morgan fingerprint density at radius 3 is 2.64 bits per heavy atom. The Bertz CT molecular complexity index is 292. The maximum Gasteiger partial charge on any atom is 0.130 e. The molecular formula is C9H10FN. The second-order valence-corrected chi connectivity index (χ2v) is 2.52. The molecule has 0 heterocycles. The highest BCUT2D eigenvalue weighted by Crippen LogP contribution is 2.18. The fourth-order valence-electron chi connectivity index (χ4n) is 0.870. The van der Waals surface area contributed by atoms with Crippen molar-refractivity contribution >= 4 is 11.3 Å². The Kier molecular flexibility index (Phi) is 1.94. The highest BCUT2D eigenvalue weighted by Gasteiger charge is 2.01. The van der Waals surface area contributed by atoms with E-state index in [9.17, 15) is 4.39 Å². The standard InChI is InChI=1S/C9H10FN/c1-6(2)8-5-7(11)3-4-9(8)10/h3-5H,1,11H2,2H3. The predicted octanol–water partition coefficient (Wildman–Crippen LogP) is 2.44. The third kappa shape index (κ3) is 1.58. The van der Waals surface area contributed by atoms with Gasteiger partial charge in [0.1, 0.15) is 5.82 Å². The Hall–Kier alpha value is -1.31. The molecule has 0 radical (unpaired) electrons. The lowest BCUT2D eigenvalue weighted by Crippen LogP contribution is -1.90. The Morgan fingerprint density at radius 2 is 2.18 bits per heavy atom. The predicted molar refractivity (Wildman–Crippen MR) is 45.5 cm³/mol. The van der Waals surface area contributed by atoms with Crippen LogP contribution in [0.2, 0.25) is 0 Å². The fraction of sp³-hybridized carbons (Fsp3) is 0.111. The van der Waals surface area contributed by atoms with Crippen LogP contribution in [-0.2, 0) is 0 Å². The molecule has 1 aromatic carbocycles. The van der Waals surface area contributed by atoms with E-state index in [-0.39, 0.29) is 5.82 Å². The summed E-state index contributed by atoms with van der Waals surface area (Å²) in [5.74, 6) is -0.272. The number of rotatable bonds is 1. The van der Waals surface area contributed by atoms with E-state index in [0.717, 1.165) is 0 Å². The molecule has 0 fully saturated rings. The number of benzene rings is 1. The minimum Gasteiger partial charge on any atom is -0.399 e. The summed E-state index contributed by atoms with van der Waals surface area (Å²) >= 11 is 0. The zero-order valence-electron chi connectivity index (χ0n) is 6.39. The van der Waals surface area contributed by atoms with E-state index in [2.05, 4.69) is 6.58 Å². The topological polar surface area (TPSA) is 26.0 Å². The van der Waals surface area contributed by atoms with Crippen LogP contribution in [0, 0.1) is 5.82 Å². The van der Waals surface area contributed by atoms with Gasteiger partial charge in [0, 0.05) is 11.3 Å². The molecule has 0 bridgehead atoms. The molecule has 0 aliphatic heterocycles. The minimum absolute atomic E-state index is 0.272. The second-order valence-electron chi connectivity index (χ2n) is 2.52. The van der Waals surface area contributed by atoms with Gasteiger partial charge in [-0.15, -0.1) is 0 Å². The molecule has 1 aromatic rings. The maximum absolute atomic E-state index is 12.9. The smallest absolute Gasteiger partial charge is 0.130 e. The van der Waals surface area contributed by atoms with Gasteiger partial charge in [-0.3, -0.25) is 0 Å². The largest absolute Gasteiger partial charge is 0.399 e. The number of anilines is 1. The van der Waals surface area contributed by atoms with Crippen LogP contribution in [0.25, 0.3) is 5.57 Å². The summed E-state index contributed by atoms with van der Waals surface area (Å²) in [5, 5.41) is 0. The second kappa shape index (κ2) is 2.74. The van der Waals surface area contributed by atoms with Crippen LogP contribution in [0.3, 0.4) is 0 Å². The monoisotopic (exact) mass is 151 g/mol. The Balaban J connectivity index is 3.23. The lowest BCUT2D eigenvalue weighted by molar-refractivity contribution is 0.624. The normalized spacial score (nSPS) is 9.64. The molecule has 0 atom stereocenters. The molecule has 1 nitrogen and oxygen atoms in total. The molecule has 11 heavy (non-hydrogen) atoms. The van der Waals surface area contributed by atoms with Crippen LogP contribution in [0.4, 0.5) is 10.1 Å². The van der Waals surface area contributed by atoms with Gasteiger partial charge in [-0.1, -0.05) is 6.58 Å². The lowest BCUT2D eigenvalue weighted by atomic mass is 10.1. The van der Waals surface area contributed by atoms with Crippen molar-refractivity contribution in [2.75, 3.05) is 5.73 Å². The van der Waals surface area contributed by atoms with Crippen molar-refractivity contribution < 1.29 is 4.39 Å². The van der Waals surface area contributed by atoms with Gasteiger partial charge in [0.05, 0.1) is 0 Å². The van der Waals surface area contributed by atoms with Gasteiger partial charge in [0.25, 0.3) is 0 Å². The highest BCUT2D eigenvalue weighted by atomic mass is 19.1. The van der Waals surface area contributed by atoms with Gasteiger partial charge in [0.15, 0.2) is 0 Å². The molecule has 0 saturated heterocycles. The number of allylic oxidation sites excluding steroid dienone is 1. The summed E-state index contributed by atoms with van der Waals surface area (Å²) in [6.07, 6.45) is 0. The van der Waals surface area contributed by atoms with E-state index >= 15 is 0 Å². The maximum atomic E-state index is 12.9.